The fourth-order valence-corrected chi connectivity index (χ4v) is 4.40. The van der Waals surface area contributed by atoms with E-state index in [1.54, 1.807) is 22.9 Å². The lowest BCUT2D eigenvalue weighted by molar-refractivity contribution is -0.117. The van der Waals surface area contributed by atoms with Crippen LogP contribution in [0, 0.1) is 0 Å². The van der Waals surface area contributed by atoms with Crippen molar-refractivity contribution in [2.24, 2.45) is 0 Å². The fraction of sp³-hybridized carbons (Fsp3) is 0.167. The van der Waals surface area contributed by atoms with Crippen LogP contribution in [0.4, 0.5) is 10.3 Å². The van der Waals surface area contributed by atoms with Gasteiger partial charge >= 0.3 is 0 Å². The largest absolute Gasteiger partial charge is 0.508 e. The number of aliphatic hydroxyl groups excluding tert-OH is 2. The van der Waals surface area contributed by atoms with Crippen molar-refractivity contribution < 1.29 is 40.2 Å². The number of aromatic hydroxyl groups is 4. The third-order valence-corrected chi connectivity index (χ3v) is 6.21. The summed E-state index contributed by atoms with van der Waals surface area (Å²) in [5.74, 6) is -0.880. The van der Waals surface area contributed by atoms with E-state index in [-0.39, 0.29) is 60.9 Å². The molecule has 0 bridgehead atoms. The number of aromatic nitrogens is 2. The number of thiazole rings is 2. The summed E-state index contributed by atoms with van der Waals surface area (Å²) >= 11 is 2.43. The first-order valence-corrected chi connectivity index (χ1v) is 12.7. The van der Waals surface area contributed by atoms with Crippen molar-refractivity contribution in [3.8, 4) is 45.5 Å². The van der Waals surface area contributed by atoms with E-state index in [0.29, 0.717) is 32.8 Å². The van der Waals surface area contributed by atoms with Gasteiger partial charge in [-0.3, -0.25) is 9.59 Å². The smallest absolute Gasteiger partial charge is 0.228 e. The van der Waals surface area contributed by atoms with Gasteiger partial charge in [-0.25, -0.2) is 9.97 Å². The Morgan fingerprint density at radius 2 is 1.08 bits per heavy atom. The van der Waals surface area contributed by atoms with E-state index in [1.807, 2.05) is 0 Å². The number of anilines is 2. The molecule has 200 valence electrons. The first kappa shape index (κ1) is 28.3. The zero-order valence-corrected chi connectivity index (χ0v) is 21.3. The molecule has 0 radical (unpaired) electrons. The van der Waals surface area contributed by atoms with Gasteiger partial charge in [0.2, 0.25) is 11.8 Å². The van der Waals surface area contributed by atoms with Crippen LogP contribution in [0.5, 0.6) is 23.0 Å². The molecule has 0 atom stereocenters. The Kier molecular flexibility index (Phi) is 9.95. The Morgan fingerprint density at radius 3 is 1.42 bits per heavy atom. The Bertz CT molecular complexity index is 1300. The number of nitrogens with zero attached hydrogens (tertiary/aromatic N) is 2. The monoisotopic (exact) mass is 560 g/mol. The van der Waals surface area contributed by atoms with Gasteiger partial charge in [0.05, 0.1) is 37.4 Å². The molecule has 0 aliphatic carbocycles. The number of phenols is 4. The van der Waals surface area contributed by atoms with Crippen molar-refractivity contribution in [3.63, 3.8) is 0 Å². The lowest BCUT2D eigenvalue weighted by Gasteiger charge is -2.01. The minimum Gasteiger partial charge on any atom is -0.508 e. The maximum atomic E-state index is 11.3. The minimum absolute atomic E-state index is 0.0133. The third kappa shape index (κ3) is 7.88. The van der Waals surface area contributed by atoms with Crippen LogP contribution in [-0.4, -0.2) is 65.6 Å². The molecule has 0 unspecified atom stereocenters. The number of rotatable bonds is 8. The molecule has 0 aliphatic rings. The molecular weight excluding hydrogens is 536 g/mol. The zero-order valence-electron chi connectivity index (χ0n) is 19.7. The highest BCUT2D eigenvalue weighted by Gasteiger charge is 2.12. The summed E-state index contributed by atoms with van der Waals surface area (Å²) in [5.41, 5.74) is 1.94. The maximum absolute atomic E-state index is 11.3. The topological polar surface area (TPSA) is 205 Å². The number of aliphatic hydroxyl groups is 2. The van der Waals surface area contributed by atoms with Crippen LogP contribution < -0.4 is 10.6 Å². The molecule has 14 heteroatoms. The van der Waals surface area contributed by atoms with Crippen LogP contribution in [-0.2, 0) is 9.59 Å². The van der Waals surface area contributed by atoms with Gasteiger partial charge in [-0.2, -0.15) is 0 Å². The van der Waals surface area contributed by atoms with Crippen molar-refractivity contribution in [2.45, 2.75) is 12.8 Å². The molecule has 0 aliphatic heterocycles. The van der Waals surface area contributed by atoms with Gasteiger partial charge in [-0.1, -0.05) is 0 Å². The summed E-state index contributed by atoms with van der Waals surface area (Å²) in [6.07, 6.45) is 0.0265. The highest BCUT2D eigenvalue weighted by molar-refractivity contribution is 7.14. The molecule has 0 spiro atoms. The van der Waals surface area contributed by atoms with Crippen LogP contribution in [0.3, 0.4) is 0 Å². The van der Waals surface area contributed by atoms with Crippen LogP contribution in [0.15, 0.2) is 47.2 Å². The highest BCUT2D eigenvalue weighted by atomic mass is 32.1. The number of benzene rings is 2. The van der Waals surface area contributed by atoms with Gasteiger partial charge in [0, 0.05) is 34.0 Å². The van der Waals surface area contributed by atoms with E-state index in [2.05, 4.69) is 20.6 Å². The molecular formula is C24H24N4O8S2. The molecule has 2 amide bonds. The normalized spacial score (nSPS) is 10.4. The summed E-state index contributed by atoms with van der Waals surface area (Å²) in [5, 5.41) is 64.3. The molecule has 2 aromatic carbocycles. The number of phenolic OH excluding ortho intramolecular Hbond substituents is 4. The number of carbonyl (C=O) groups excluding carboxylic acids is 2. The SMILES string of the molecule is O=C(CCO)Nc1nc(-c2ccc(O)cc2O)cs1.O=C(CCO)Nc1nc(-c2ccc(O)cc2O)cs1. The van der Waals surface area contributed by atoms with E-state index in [9.17, 15) is 30.0 Å². The molecule has 2 aromatic heterocycles. The average molecular weight is 561 g/mol. The van der Waals surface area contributed by atoms with Crippen LogP contribution in [0.2, 0.25) is 0 Å². The van der Waals surface area contributed by atoms with Crippen LogP contribution >= 0.6 is 22.7 Å². The van der Waals surface area contributed by atoms with Crippen molar-refractivity contribution >= 4 is 44.8 Å². The Balaban J connectivity index is 0.000000211. The summed E-state index contributed by atoms with van der Waals surface area (Å²) in [7, 11) is 0. The standard InChI is InChI=1S/2C12H12N2O4S/c2*15-4-3-11(18)14-12-13-9(6-19-12)8-2-1-7(16)5-10(8)17/h2*1-2,5-6,15-17H,3-4H2,(H,13,14,18). The molecule has 0 saturated carbocycles. The molecule has 4 rings (SSSR count). The second-order valence-electron chi connectivity index (χ2n) is 7.52. The Hall–Kier alpha value is -4.24. The van der Waals surface area contributed by atoms with E-state index in [0.717, 1.165) is 0 Å². The molecule has 4 aromatic rings. The number of nitrogens with one attached hydrogen (secondary N) is 2. The molecule has 0 fully saturated rings. The quantitative estimate of drug-likeness (QED) is 0.158. The van der Waals surface area contributed by atoms with Gasteiger partial charge in [-0.05, 0) is 24.3 Å². The van der Waals surface area contributed by atoms with Gasteiger partial charge in [-0.15, -0.1) is 22.7 Å². The number of carbonyl (C=O) groups is 2. The second kappa shape index (κ2) is 13.3. The van der Waals surface area contributed by atoms with Crippen LogP contribution in [0.1, 0.15) is 12.8 Å². The lowest BCUT2D eigenvalue weighted by atomic mass is 10.1. The molecule has 0 saturated heterocycles. The van der Waals surface area contributed by atoms with E-state index < -0.39 is 0 Å². The zero-order chi connectivity index (χ0) is 27.7. The summed E-state index contributed by atoms with van der Waals surface area (Å²) < 4.78 is 0. The predicted octanol–water partition coefficient (Wildman–Crippen LogP) is 3.08. The van der Waals surface area contributed by atoms with Crippen molar-refractivity contribution in [3.05, 3.63) is 47.2 Å². The van der Waals surface area contributed by atoms with Crippen molar-refractivity contribution in [2.75, 3.05) is 23.8 Å². The van der Waals surface area contributed by atoms with Gasteiger partial charge < -0.3 is 41.3 Å². The average Bonchev–Trinajstić information content (AvgIpc) is 3.49. The summed E-state index contributed by atoms with van der Waals surface area (Å²) in [4.78, 5) is 30.9. The van der Waals surface area contributed by atoms with E-state index in [1.165, 1.54) is 46.9 Å². The Morgan fingerprint density at radius 1 is 0.684 bits per heavy atom. The lowest BCUT2D eigenvalue weighted by Crippen LogP contribution is -2.12. The number of hydrogen-bond donors (Lipinski definition) is 8. The maximum Gasteiger partial charge on any atom is 0.228 e. The van der Waals surface area contributed by atoms with Crippen molar-refractivity contribution in [1.82, 2.24) is 9.97 Å². The first-order valence-electron chi connectivity index (χ1n) is 11.0. The molecule has 12 nitrogen and oxygen atoms in total. The number of amides is 2. The van der Waals surface area contributed by atoms with E-state index >= 15 is 0 Å². The predicted molar refractivity (Wildman–Crippen MR) is 142 cm³/mol. The Labute approximate surface area is 224 Å². The number of hydrogen-bond acceptors (Lipinski definition) is 12. The van der Waals surface area contributed by atoms with Crippen molar-refractivity contribution in [1.29, 1.82) is 0 Å². The first-order chi connectivity index (χ1) is 18.2. The summed E-state index contributed by atoms with van der Waals surface area (Å²) in [6.45, 7) is -0.439. The fourth-order valence-electron chi connectivity index (χ4n) is 2.95. The van der Waals surface area contributed by atoms with Gasteiger partial charge in [0.15, 0.2) is 10.3 Å². The minimum atomic E-state index is -0.321. The molecule has 8 N–H and O–H groups in total. The van der Waals surface area contributed by atoms with Gasteiger partial charge in [0.25, 0.3) is 0 Å². The van der Waals surface area contributed by atoms with Gasteiger partial charge in [0.1, 0.15) is 23.0 Å². The van der Waals surface area contributed by atoms with E-state index in [4.69, 9.17) is 10.2 Å². The molecule has 2 heterocycles. The highest BCUT2D eigenvalue weighted by Crippen LogP contribution is 2.34. The molecule has 38 heavy (non-hydrogen) atoms. The summed E-state index contributed by atoms with van der Waals surface area (Å²) in [6, 6.07) is 8.41. The van der Waals surface area contributed by atoms with Crippen LogP contribution in [0.25, 0.3) is 22.5 Å². The third-order valence-electron chi connectivity index (χ3n) is 4.69. The second-order valence-corrected chi connectivity index (χ2v) is 9.24.